The second kappa shape index (κ2) is 24.6. The average molecular weight is 871 g/mol. The number of amides is 11. The highest BCUT2D eigenvalue weighted by molar-refractivity contribution is 6.00. The summed E-state index contributed by atoms with van der Waals surface area (Å²) in [5.41, 5.74) is 26.6. The lowest BCUT2D eigenvalue weighted by Crippen LogP contribution is -2.62. The third-order valence-corrected chi connectivity index (χ3v) is 9.29. The standard InChI is InChI=1S/C35H58N12O14/c1-14(2)26(35(60)61)45-32(57)21-6-5-11-47(21)34(59)15(3)41-30(55)19(12-24(39)51)43-31(56)20(13-25(40)52)44-33(58)27(16(4)48)46-29(54)18(8-10-23(38)50)42-28(53)17(36)7-9-22(37)49/h14-21,26-27,48H,5-13,36H2,1-4H3,(H2,37,49)(H2,38,50)(H2,39,51)(H2,40,52)(H,41,55)(H,42,53)(H,43,56)(H,44,58)(H,45,57)(H,46,54)(H,60,61)/t15-,16+,17-,18-,19-,20-,21-,26-,27-/m0/s1. The molecule has 61 heavy (non-hydrogen) atoms. The first kappa shape index (κ1) is 52.6. The molecule has 0 spiro atoms. The molecule has 11 amide bonds. The van der Waals surface area contributed by atoms with E-state index in [1.165, 1.54) is 6.92 Å². The topological polar surface area (TPSA) is 451 Å². The van der Waals surface area contributed by atoms with Crippen LogP contribution in [0.3, 0.4) is 0 Å². The lowest BCUT2D eigenvalue weighted by atomic mass is 10.0. The first-order valence-electron chi connectivity index (χ1n) is 19.2. The maximum atomic E-state index is 13.5. The number of aliphatic hydroxyl groups is 1. The zero-order valence-corrected chi connectivity index (χ0v) is 34.3. The molecule has 26 nitrogen and oxygen atoms in total. The minimum atomic E-state index is -1.93. The molecule has 1 aliphatic heterocycles. The molecule has 9 atom stereocenters. The third-order valence-electron chi connectivity index (χ3n) is 9.29. The van der Waals surface area contributed by atoms with Crippen molar-refractivity contribution >= 4 is 70.9 Å². The Kier molecular flexibility index (Phi) is 21.2. The highest BCUT2D eigenvalue weighted by Gasteiger charge is 2.40. The number of aliphatic carboxylic acids is 1. The number of primary amides is 4. The number of nitrogens with two attached hydrogens (primary N) is 5. The van der Waals surface area contributed by atoms with Crippen LogP contribution in [0.25, 0.3) is 0 Å². The highest BCUT2D eigenvalue weighted by atomic mass is 16.4. The van der Waals surface area contributed by atoms with Gasteiger partial charge in [0.1, 0.15) is 42.3 Å². The highest BCUT2D eigenvalue weighted by Crippen LogP contribution is 2.19. The minimum Gasteiger partial charge on any atom is -0.480 e. The van der Waals surface area contributed by atoms with Crippen molar-refractivity contribution in [2.24, 2.45) is 34.6 Å². The van der Waals surface area contributed by atoms with Crippen molar-refractivity contribution in [3.63, 3.8) is 0 Å². The normalized spacial score (nSPS) is 17.4. The van der Waals surface area contributed by atoms with Gasteiger partial charge in [-0.1, -0.05) is 13.8 Å². The summed E-state index contributed by atoms with van der Waals surface area (Å²) < 4.78 is 0. The van der Waals surface area contributed by atoms with Gasteiger partial charge in [0.2, 0.25) is 65.0 Å². The third kappa shape index (κ3) is 17.8. The van der Waals surface area contributed by atoms with Crippen LogP contribution in [-0.4, -0.2) is 147 Å². The van der Waals surface area contributed by atoms with Gasteiger partial charge >= 0.3 is 5.97 Å². The van der Waals surface area contributed by atoms with Gasteiger partial charge in [-0.05, 0) is 45.4 Å². The fourth-order valence-corrected chi connectivity index (χ4v) is 5.97. The Morgan fingerprint density at radius 3 is 1.56 bits per heavy atom. The molecule has 0 bridgehead atoms. The second-order valence-electron chi connectivity index (χ2n) is 14.9. The van der Waals surface area contributed by atoms with E-state index in [0.717, 1.165) is 11.8 Å². The van der Waals surface area contributed by atoms with E-state index in [9.17, 15) is 67.7 Å². The Labute approximate surface area is 349 Å². The van der Waals surface area contributed by atoms with Gasteiger partial charge in [-0.2, -0.15) is 0 Å². The molecule has 18 N–H and O–H groups in total. The van der Waals surface area contributed by atoms with Gasteiger partial charge in [0, 0.05) is 19.4 Å². The van der Waals surface area contributed by atoms with Gasteiger partial charge in [0.15, 0.2) is 0 Å². The molecule has 0 aromatic heterocycles. The molecule has 0 radical (unpaired) electrons. The first-order valence-corrected chi connectivity index (χ1v) is 19.2. The number of carboxylic acid groups (broad SMARTS) is 1. The minimum absolute atomic E-state index is 0.0790. The van der Waals surface area contributed by atoms with Gasteiger partial charge in [0.05, 0.1) is 25.0 Å². The number of rotatable bonds is 26. The summed E-state index contributed by atoms with van der Waals surface area (Å²) in [5, 5.41) is 33.3. The molecule has 1 saturated heterocycles. The number of nitrogens with one attached hydrogen (secondary N) is 6. The molecule has 0 unspecified atom stereocenters. The fourth-order valence-electron chi connectivity index (χ4n) is 5.97. The van der Waals surface area contributed by atoms with Crippen molar-refractivity contribution in [1.29, 1.82) is 0 Å². The summed E-state index contributed by atoms with van der Waals surface area (Å²) in [6.07, 6.45) is -4.31. The van der Waals surface area contributed by atoms with Gasteiger partial charge in [-0.25, -0.2) is 4.79 Å². The number of hydrogen-bond donors (Lipinski definition) is 13. The summed E-state index contributed by atoms with van der Waals surface area (Å²) in [4.78, 5) is 152. The van der Waals surface area contributed by atoms with Crippen LogP contribution in [0.4, 0.5) is 0 Å². The number of nitrogens with zero attached hydrogens (tertiary/aromatic N) is 1. The van der Waals surface area contributed by atoms with Crippen LogP contribution in [0.2, 0.25) is 0 Å². The van der Waals surface area contributed by atoms with Crippen molar-refractivity contribution in [2.45, 2.75) is 134 Å². The molecule has 0 aliphatic carbocycles. The van der Waals surface area contributed by atoms with Crippen molar-refractivity contribution < 1.29 is 67.7 Å². The van der Waals surface area contributed by atoms with Gasteiger partial charge in [-0.3, -0.25) is 52.7 Å². The van der Waals surface area contributed by atoms with E-state index in [-0.39, 0.29) is 25.8 Å². The molecular weight excluding hydrogens is 812 g/mol. The SMILES string of the molecule is CC(C)[C@H](NC(=O)[C@@H]1CCCN1C(=O)[C@H](C)NC(=O)[C@H](CC(N)=O)NC(=O)[C@H](CC(N)=O)NC(=O)[C@@H](NC(=O)[C@H](CCC(N)=O)NC(=O)[C@@H](N)CCC(N)=O)[C@@H](C)O)C(=O)O. The van der Waals surface area contributed by atoms with Crippen LogP contribution in [0.5, 0.6) is 0 Å². The van der Waals surface area contributed by atoms with Gasteiger partial charge < -0.3 is 75.7 Å². The van der Waals surface area contributed by atoms with Crippen molar-refractivity contribution in [3.05, 3.63) is 0 Å². The largest absolute Gasteiger partial charge is 0.480 e. The van der Waals surface area contributed by atoms with E-state index < -0.39 is 157 Å². The molecule has 0 saturated carbocycles. The average Bonchev–Trinajstić information content (AvgIpc) is 3.64. The summed E-state index contributed by atoms with van der Waals surface area (Å²) in [7, 11) is 0. The lowest BCUT2D eigenvalue weighted by molar-refractivity contribution is -0.145. The molecule has 1 rings (SSSR count). The molecule has 0 aromatic carbocycles. The van der Waals surface area contributed by atoms with Crippen LogP contribution >= 0.6 is 0 Å². The summed E-state index contributed by atoms with van der Waals surface area (Å²) >= 11 is 0. The maximum Gasteiger partial charge on any atom is 0.326 e. The summed E-state index contributed by atoms with van der Waals surface area (Å²) in [5.74, 6) is -13.0. The van der Waals surface area contributed by atoms with Crippen LogP contribution in [0, 0.1) is 5.92 Å². The Bertz CT molecular complexity index is 1690. The molecule has 342 valence electrons. The number of carboxylic acids is 1. The Morgan fingerprint density at radius 2 is 1.08 bits per heavy atom. The van der Waals surface area contributed by atoms with E-state index in [0.29, 0.717) is 6.42 Å². The van der Waals surface area contributed by atoms with Crippen LogP contribution in [0.1, 0.15) is 79.1 Å². The van der Waals surface area contributed by atoms with Crippen molar-refractivity contribution in [3.8, 4) is 0 Å². The molecule has 0 aromatic rings. The number of aliphatic hydroxyl groups excluding tert-OH is 1. The van der Waals surface area contributed by atoms with E-state index >= 15 is 0 Å². The van der Waals surface area contributed by atoms with Gasteiger partial charge in [0.25, 0.3) is 0 Å². The van der Waals surface area contributed by atoms with Crippen LogP contribution < -0.4 is 60.6 Å². The Morgan fingerprint density at radius 1 is 0.607 bits per heavy atom. The number of carbonyl (C=O) groups excluding carboxylic acids is 11. The molecule has 26 heteroatoms. The smallest absolute Gasteiger partial charge is 0.326 e. The monoisotopic (exact) mass is 870 g/mol. The number of likely N-dealkylation sites (tertiary alicyclic amines) is 1. The number of hydrogen-bond acceptors (Lipinski definition) is 14. The predicted octanol–water partition coefficient (Wildman–Crippen LogP) is -7.36. The first-order chi connectivity index (χ1) is 28.3. The van der Waals surface area contributed by atoms with Gasteiger partial charge in [-0.15, -0.1) is 0 Å². The molecule has 1 fully saturated rings. The maximum absolute atomic E-state index is 13.5. The van der Waals surface area contributed by atoms with Crippen molar-refractivity contribution in [2.75, 3.05) is 6.54 Å². The fraction of sp³-hybridized carbons (Fsp3) is 0.657. The van der Waals surface area contributed by atoms with E-state index in [1.54, 1.807) is 13.8 Å². The summed E-state index contributed by atoms with van der Waals surface area (Å²) in [6, 6.07) is -12.3. The van der Waals surface area contributed by atoms with Crippen LogP contribution in [0.15, 0.2) is 0 Å². The van der Waals surface area contributed by atoms with E-state index in [4.69, 9.17) is 28.7 Å². The quantitative estimate of drug-likeness (QED) is 0.0384. The molecule has 1 heterocycles. The predicted molar refractivity (Wildman–Crippen MR) is 209 cm³/mol. The van der Waals surface area contributed by atoms with Crippen LogP contribution in [-0.2, 0) is 57.5 Å². The summed E-state index contributed by atoms with van der Waals surface area (Å²) in [6.45, 7) is 5.54. The zero-order valence-electron chi connectivity index (χ0n) is 34.3. The van der Waals surface area contributed by atoms with E-state index in [2.05, 4.69) is 31.9 Å². The van der Waals surface area contributed by atoms with Crippen molar-refractivity contribution in [1.82, 2.24) is 36.8 Å². The lowest BCUT2D eigenvalue weighted by Gasteiger charge is -2.29. The van der Waals surface area contributed by atoms with E-state index in [1.807, 2.05) is 0 Å². The second-order valence-corrected chi connectivity index (χ2v) is 14.9. The molecular formula is C35H58N12O14. The Hall–Kier alpha value is -6.44. The molecule has 1 aliphatic rings. The number of carbonyl (C=O) groups is 12. The zero-order chi connectivity index (χ0) is 46.9. The Balaban J connectivity index is 3.21.